The molecule has 0 radical (unpaired) electrons. The van der Waals surface area contributed by atoms with Crippen molar-refractivity contribution in [3.05, 3.63) is 47.5 Å². The zero-order valence-electron chi connectivity index (χ0n) is 11.3. The van der Waals surface area contributed by atoms with Crippen molar-refractivity contribution in [2.24, 2.45) is 0 Å². The van der Waals surface area contributed by atoms with Crippen molar-refractivity contribution < 1.29 is 14.6 Å². The van der Waals surface area contributed by atoms with E-state index in [-0.39, 0.29) is 11.3 Å². The summed E-state index contributed by atoms with van der Waals surface area (Å²) in [4.78, 5) is 11.0. The minimum absolute atomic E-state index is 0.0835. The van der Waals surface area contributed by atoms with Crippen LogP contribution in [0.1, 0.15) is 15.9 Å². The Labute approximate surface area is 117 Å². The number of ether oxygens (including phenoxy) is 1. The van der Waals surface area contributed by atoms with Crippen LogP contribution < -0.4 is 15.8 Å². The molecule has 0 bridgehead atoms. The van der Waals surface area contributed by atoms with Crippen molar-refractivity contribution in [3.8, 4) is 5.75 Å². The minimum Gasteiger partial charge on any atom is -0.496 e. The highest BCUT2D eigenvalue weighted by Crippen LogP contribution is 2.28. The standard InChI is InChI=1S/C15H16N2O3/c1-9-8-10(6-7-13(9)20-2)17-12-5-3-4-11(14(12)16)15(18)19/h3-8,17H,16H2,1-2H3,(H,18,19). The van der Waals surface area contributed by atoms with Crippen LogP contribution in [0.4, 0.5) is 17.1 Å². The summed E-state index contributed by atoms with van der Waals surface area (Å²) in [6.45, 7) is 1.93. The number of hydrogen-bond donors (Lipinski definition) is 3. The Hall–Kier alpha value is -2.69. The van der Waals surface area contributed by atoms with Crippen molar-refractivity contribution in [1.82, 2.24) is 0 Å². The van der Waals surface area contributed by atoms with E-state index in [1.165, 1.54) is 6.07 Å². The molecule has 104 valence electrons. The highest BCUT2D eigenvalue weighted by molar-refractivity contribution is 5.97. The van der Waals surface area contributed by atoms with Crippen LogP contribution in [0.25, 0.3) is 0 Å². The van der Waals surface area contributed by atoms with Gasteiger partial charge in [-0.15, -0.1) is 0 Å². The molecule has 0 heterocycles. The van der Waals surface area contributed by atoms with Crippen molar-refractivity contribution >= 4 is 23.0 Å². The van der Waals surface area contributed by atoms with E-state index in [0.29, 0.717) is 5.69 Å². The van der Waals surface area contributed by atoms with Gasteiger partial charge in [0.25, 0.3) is 0 Å². The van der Waals surface area contributed by atoms with E-state index in [2.05, 4.69) is 5.32 Å². The molecule has 0 saturated heterocycles. The molecule has 0 atom stereocenters. The number of nitrogens with one attached hydrogen (secondary N) is 1. The fourth-order valence-corrected chi connectivity index (χ4v) is 1.97. The van der Waals surface area contributed by atoms with E-state index in [0.717, 1.165) is 17.0 Å². The van der Waals surface area contributed by atoms with Gasteiger partial charge in [-0.1, -0.05) is 6.07 Å². The Balaban J connectivity index is 2.33. The first-order valence-electron chi connectivity index (χ1n) is 6.06. The normalized spacial score (nSPS) is 10.1. The zero-order chi connectivity index (χ0) is 14.7. The maximum Gasteiger partial charge on any atom is 0.337 e. The second kappa shape index (κ2) is 5.52. The summed E-state index contributed by atoms with van der Waals surface area (Å²) < 4.78 is 5.19. The van der Waals surface area contributed by atoms with Crippen LogP contribution in [-0.4, -0.2) is 18.2 Å². The number of carbonyl (C=O) groups is 1. The molecule has 0 aliphatic heterocycles. The summed E-state index contributed by atoms with van der Waals surface area (Å²) in [5.74, 6) is -0.250. The fourth-order valence-electron chi connectivity index (χ4n) is 1.97. The zero-order valence-corrected chi connectivity index (χ0v) is 11.3. The molecule has 5 heteroatoms. The number of hydrogen-bond acceptors (Lipinski definition) is 4. The molecule has 0 aliphatic carbocycles. The number of nitrogens with two attached hydrogens (primary N) is 1. The molecule has 5 nitrogen and oxygen atoms in total. The molecular weight excluding hydrogens is 256 g/mol. The van der Waals surface area contributed by atoms with E-state index in [4.69, 9.17) is 15.6 Å². The van der Waals surface area contributed by atoms with Crippen molar-refractivity contribution in [3.63, 3.8) is 0 Å². The van der Waals surface area contributed by atoms with Gasteiger partial charge in [-0.05, 0) is 42.8 Å². The maximum absolute atomic E-state index is 11.0. The number of carboxylic acids is 1. The first-order valence-corrected chi connectivity index (χ1v) is 6.06. The fraction of sp³-hybridized carbons (Fsp3) is 0.133. The van der Waals surface area contributed by atoms with E-state index in [1.807, 2.05) is 25.1 Å². The Morgan fingerprint density at radius 1 is 1.30 bits per heavy atom. The molecule has 2 aromatic rings. The smallest absolute Gasteiger partial charge is 0.337 e. The molecule has 0 aromatic heterocycles. The van der Waals surface area contributed by atoms with Crippen LogP contribution >= 0.6 is 0 Å². The first-order chi connectivity index (χ1) is 9.52. The Bertz CT molecular complexity index is 654. The lowest BCUT2D eigenvalue weighted by molar-refractivity contribution is 0.0698. The van der Waals surface area contributed by atoms with E-state index in [9.17, 15) is 4.79 Å². The van der Waals surface area contributed by atoms with Crippen LogP contribution in [-0.2, 0) is 0 Å². The first kappa shape index (κ1) is 13.7. The van der Waals surface area contributed by atoms with Crippen molar-refractivity contribution in [1.29, 1.82) is 0 Å². The lowest BCUT2D eigenvalue weighted by Crippen LogP contribution is -2.05. The molecule has 2 rings (SSSR count). The molecule has 0 unspecified atom stereocenters. The van der Waals surface area contributed by atoms with Crippen LogP contribution in [0.2, 0.25) is 0 Å². The van der Waals surface area contributed by atoms with Gasteiger partial charge in [-0.2, -0.15) is 0 Å². The molecule has 0 saturated carbocycles. The lowest BCUT2D eigenvalue weighted by atomic mass is 10.1. The molecule has 2 aromatic carbocycles. The summed E-state index contributed by atoms with van der Waals surface area (Å²) in [5, 5.41) is 12.2. The minimum atomic E-state index is -1.04. The van der Waals surface area contributed by atoms with Gasteiger partial charge in [-0.25, -0.2) is 4.79 Å². The summed E-state index contributed by atoms with van der Waals surface area (Å²) in [6.07, 6.45) is 0. The summed E-state index contributed by atoms with van der Waals surface area (Å²) in [7, 11) is 1.61. The van der Waals surface area contributed by atoms with Gasteiger partial charge in [0.05, 0.1) is 24.0 Å². The number of methoxy groups -OCH3 is 1. The van der Waals surface area contributed by atoms with E-state index in [1.54, 1.807) is 19.2 Å². The molecule has 0 aliphatic rings. The van der Waals surface area contributed by atoms with Crippen LogP contribution in [0.5, 0.6) is 5.75 Å². The average Bonchev–Trinajstić information content (AvgIpc) is 2.41. The van der Waals surface area contributed by atoms with Crippen LogP contribution in [0.3, 0.4) is 0 Å². The van der Waals surface area contributed by atoms with Crippen LogP contribution in [0.15, 0.2) is 36.4 Å². The van der Waals surface area contributed by atoms with Gasteiger partial charge in [0.15, 0.2) is 0 Å². The van der Waals surface area contributed by atoms with Gasteiger partial charge >= 0.3 is 5.97 Å². The highest BCUT2D eigenvalue weighted by Gasteiger charge is 2.11. The third-order valence-electron chi connectivity index (χ3n) is 3.01. The second-order valence-corrected chi connectivity index (χ2v) is 4.38. The predicted molar refractivity (Wildman–Crippen MR) is 78.8 cm³/mol. The number of carboxylic acid groups (broad SMARTS) is 1. The predicted octanol–water partition coefficient (Wildman–Crippen LogP) is 3.03. The summed E-state index contributed by atoms with van der Waals surface area (Å²) in [5.41, 5.74) is 8.52. The number of aromatic carboxylic acids is 1. The Morgan fingerprint density at radius 2 is 2.05 bits per heavy atom. The number of para-hydroxylation sites is 1. The molecule has 0 amide bonds. The number of benzene rings is 2. The lowest BCUT2D eigenvalue weighted by Gasteiger charge is -2.13. The van der Waals surface area contributed by atoms with Crippen LogP contribution in [0, 0.1) is 6.92 Å². The SMILES string of the molecule is COc1ccc(Nc2cccc(C(=O)O)c2N)cc1C. The number of aryl methyl sites for hydroxylation is 1. The van der Waals surface area contributed by atoms with Gasteiger partial charge in [0.2, 0.25) is 0 Å². The number of nitrogen functional groups attached to an aromatic ring is 1. The topological polar surface area (TPSA) is 84.6 Å². The van der Waals surface area contributed by atoms with Gasteiger partial charge in [-0.3, -0.25) is 0 Å². The number of anilines is 3. The third-order valence-corrected chi connectivity index (χ3v) is 3.01. The second-order valence-electron chi connectivity index (χ2n) is 4.38. The monoisotopic (exact) mass is 272 g/mol. The number of rotatable bonds is 4. The van der Waals surface area contributed by atoms with Gasteiger partial charge in [0, 0.05) is 5.69 Å². The highest BCUT2D eigenvalue weighted by atomic mass is 16.5. The quantitative estimate of drug-likeness (QED) is 0.745. The Kier molecular flexibility index (Phi) is 3.79. The van der Waals surface area contributed by atoms with E-state index < -0.39 is 5.97 Å². The largest absolute Gasteiger partial charge is 0.496 e. The molecule has 0 fully saturated rings. The summed E-state index contributed by atoms with van der Waals surface area (Å²) in [6, 6.07) is 10.5. The summed E-state index contributed by atoms with van der Waals surface area (Å²) >= 11 is 0. The maximum atomic E-state index is 11.0. The third kappa shape index (κ3) is 2.66. The molecular formula is C15H16N2O3. The van der Waals surface area contributed by atoms with Gasteiger partial charge in [0.1, 0.15) is 5.75 Å². The molecule has 20 heavy (non-hydrogen) atoms. The average molecular weight is 272 g/mol. The van der Waals surface area contributed by atoms with Gasteiger partial charge < -0.3 is 20.9 Å². The van der Waals surface area contributed by atoms with E-state index >= 15 is 0 Å². The molecule has 4 N–H and O–H groups in total. The van der Waals surface area contributed by atoms with Crippen molar-refractivity contribution in [2.45, 2.75) is 6.92 Å². The Morgan fingerprint density at radius 3 is 2.65 bits per heavy atom. The van der Waals surface area contributed by atoms with Crippen molar-refractivity contribution in [2.75, 3.05) is 18.2 Å². The molecule has 0 spiro atoms.